The SMILES string of the molecule is NCC1CCN(Cc2occc2C(=O)NN)C1. The van der Waals surface area contributed by atoms with E-state index in [1.165, 1.54) is 6.26 Å². The first-order chi connectivity index (χ1) is 8.24. The molecule has 1 saturated heterocycles. The molecule has 1 unspecified atom stereocenters. The summed E-state index contributed by atoms with van der Waals surface area (Å²) >= 11 is 0. The van der Waals surface area contributed by atoms with Crippen molar-refractivity contribution in [2.24, 2.45) is 17.5 Å². The van der Waals surface area contributed by atoms with Gasteiger partial charge in [-0.2, -0.15) is 0 Å². The molecule has 5 N–H and O–H groups in total. The molecule has 94 valence electrons. The summed E-state index contributed by atoms with van der Waals surface area (Å²) < 4.78 is 5.33. The monoisotopic (exact) mass is 238 g/mol. The number of rotatable bonds is 4. The van der Waals surface area contributed by atoms with Crippen molar-refractivity contribution in [1.82, 2.24) is 10.3 Å². The number of nitrogens with one attached hydrogen (secondary N) is 1. The Morgan fingerprint density at radius 3 is 3.12 bits per heavy atom. The number of hydrogen-bond acceptors (Lipinski definition) is 5. The lowest BCUT2D eigenvalue weighted by Gasteiger charge is -2.14. The lowest BCUT2D eigenvalue weighted by Crippen LogP contribution is -2.31. The maximum atomic E-state index is 11.5. The molecule has 1 amide bonds. The summed E-state index contributed by atoms with van der Waals surface area (Å²) in [5.74, 6) is 6.01. The topological polar surface area (TPSA) is 97.5 Å². The number of hydrazine groups is 1. The Morgan fingerprint density at radius 2 is 2.47 bits per heavy atom. The molecule has 1 aliphatic heterocycles. The molecule has 1 aliphatic rings. The zero-order valence-corrected chi connectivity index (χ0v) is 9.69. The summed E-state index contributed by atoms with van der Waals surface area (Å²) in [6, 6.07) is 1.63. The van der Waals surface area contributed by atoms with E-state index in [-0.39, 0.29) is 5.91 Å². The summed E-state index contributed by atoms with van der Waals surface area (Å²) in [6.07, 6.45) is 2.62. The zero-order chi connectivity index (χ0) is 12.3. The number of amides is 1. The van der Waals surface area contributed by atoms with Crippen LogP contribution in [0.15, 0.2) is 16.7 Å². The molecular formula is C11H18N4O2. The summed E-state index contributed by atoms with van der Waals surface area (Å²) in [6.45, 7) is 3.30. The van der Waals surface area contributed by atoms with Gasteiger partial charge in [0.15, 0.2) is 0 Å². The van der Waals surface area contributed by atoms with Crippen molar-refractivity contribution in [3.8, 4) is 0 Å². The third-order valence-electron chi connectivity index (χ3n) is 3.19. The molecule has 0 aromatic carbocycles. The predicted molar refractivity (Wildman–Crippen MR) is 62.8 cm³/mol. The van der Waals surface area contributed by atoms with Crippen LogP contribution in [-0.2, 0) is 6.54 Å². The molecule has 0 spiro atoms. The first-order valence-electron chi connectivity index (χ1n) is 5.74. The van der Waals surface area contributed by atoms with Crippen LogP contribution in [0.25, 0.3) is 0 Å². The van der Waals surface area contributed by atoms with Crippen LogP contribution in [0.5, 0.6) is 0 Å². The van der Waals surface area contributed by atoms with E-state index in [4.69, 9.17) is 16.0 Å². The van der Waals surface area contributed by atoms with Crippen molar-refractivity contribution in [2.75, 3.05) is 19.6 Å². The van der Waals surface area contributed by atoms with E-state index in [0.717, 1.165) is 19.5 Å². The van der Waals surface area contributed by atoms with E-state index in [9.17, 15) is 4.79 Å². The lowest BCUT2D eigenvalue weighted by atomic mass is 10.1. The van der Waals surface area contributed by atoms with Gasteiger partial charge in [0.05, 0.1) is 18.4 Å². The van der Waals surface area contributed by atoms with Crippen molar-refractivity contribution in [1.29, 1.82) is 0 Å². The highest BCUT2D eigenvalue weighted by Gasteiger charge is 2.24. The molecule has 6 heteroatoms. The van der Waals surface area contributed by atoms with Gasteiger partial charge in [-0.3, -0.25) is 15.1 Å². The molecule has 17 heavy (non-hydrogen) atoms. The maximum Gasteiger partial charge on any atom is 0.268 e. The van der Waals surface area contributed by atoms with Gasteiger partial charge >= 0.3 is 0 Å². The highest BCUT2D eigenvalue weighted by molar-refractivity contribution is 5.94. The normalized spacial score (nSPS) is 20.7. The minimum absolute atomic E-state index is 0.316. The van der Waals surface area contributed by atoms with Crippen molar-refractivity contribution < 1.29 is 9.21 Å². The summed E-state index contributed by atoms with van der Waals surface area (Å²) in [5, 5.41) is 0. The molecule has 0 saturated carbocycles. The van der Waals surface area contributed by atoms with Gasteiger partial charge in [0, 0.05) is 6.54 Å². The predicted octanol–water partition coefficient (Wildman–Crippen LogP) is -0.336. The van der Waals surface area contributed by atoms with Crippen LogP contribution >= 0.6 is 0 Å². The second-order valence-corrected chi connectivity index (χ2v) is 4.36. The molecular weight excluding hydrogens is 220 g/mol. The van der Waals surface area contributed by atoms with E-state index in [1.54, 1.807) is 6.07 Å². The second-order valence-electron chi connectivity index (χ2n) is 4.36. The number of carbonyl (C=O) groups excluding carboxylic acids is 1. The smallest absolute Gasteiger partial charge is 0.268 e. The van der Waals surface area contributed by atoms with Crippen LogP contribution in [-0.4, -0.2) is 30.4 Å². The van der Waals surface area contributed by atoms with Crippen LogP contribution in [0.2, 0.25) is 0 Å². The Balaban J connectivity index is 2.00. The third-order valence-corrected chi connectivity index (χ3v) is 3.19. The van der Waals surface area contributed by atoms with Crippen LogP contribution in [0.4, 0.5) is 0 Å². The largest absolute Gasteiger partial charge is 0.467 e. The van der Waals surface area contributed by atoms with E-state index < -0.39 is 0 Å². The Labute approximate surface area is 99.9 Å². The number of nitrogen functional groups attached to an aromatic ring is 1. The number of nitrogens with zero attached hydrogens (tertiary/aromatic N) is 1. The maximum absolute atomic E-state index is 11.5. The first kappa shape index (κ1) is 12.1. The molecule has 1 atom stereocenters. The minimum Gasteiger partial charge on any atom is -0.467 e. The van der Waals surface area contributed by atoms with Crippen molar-refractivity contribution in [2.45, 2.75) is 13.0 Å². The van der Waals surface area contributed by atoms with Crippen LogP contribution in [0, 0.1) is 5.92 Å². The quantitative estimate of drug-likeness (QED) is 0.379. The molecule has 0 radical (unpaired) electrons. The highest BCUT2D eigenvalue weighted by atomic mass is 16.3. The van der Waals surface area contributed by atoms with E-state index in [0.29, 0.717) is 30.3 Å². The average molecular weight is 238 g/mol. The van der Waals surface area contributed by atoms with E-state index in [2.05, 4.69) is 10.3 Å². The third kappa shape index (κ3) is 2.66. The molecule has 1 aromatic rings. The van der Waals surface area contributed by atoms with Gasteiger partial charge in [-0.1, -0.05) is 0 Å². The van der Waals surface area contributed by atoms with Crippen LogP contribution in [0.1, 0.15) is 22.5 Å². The fourth-order valence-electron chi connectivity index (χ4n) is 2.20. The fourth-order valence-corrected chi connectivity index (χ4v) is 2.20. The zero-order valence-electron chi connectivity index (χ0n) is 9.69. The first-order valence-corrected chi connectivity index (χ1v) is 5.74. The van der Waals surface area contributed by atoms with Crippen LogP contribution < -0.4 is 17.0 Å². The number of furan rings is 1. The Hall–Kier alpha value is -1.37. The standard InChI is InChI=1S/C11H18N4O2/c12-5-8-1-3-15(6-8)7-10-9(2-4-17-10)11(16)14-13/h2,4,8H,1,3,5-7,12-13H2,(H,14,16). The van der Waals surface area contributed by atoms with Gasteiger partial charge in [0.1, 0.15) is 5.76 Å². The van der Waals surface area contributed by atoms with E-state index >= 15 is 0 Å². The van der Waals surface area contributed by atoms with Gasteiger partial charge < -0.3 is 10.2 Å². The molecule has 0 bridgehead atoms. The van der Waals surface area contributed by atoms with Gasteiger partial charge in [-0.05, 0) is 31.5 Å². The molecule has 2 rings (SSSR count). The molecule has 1 aromatic heterocycles. The van der Waals surface area contributed by atoms with Crippen molar-refractivity contribution in [3.05, 3.63) is 23.7 Å². The van der Waals surface area contributed by atoms with Gasteiger partial charge in [-0.15, -0.1) is 0 Å². The number of nitrogens with two attached hydrogens (primary N) is 2. The number of carbonyl (C=O) groups is 1. The van der Waals surface area contributed by atoms with Gasteiger partial charge in [0.2, 0.25) is 0 Å². The molecule has 2 heterocycles. The second kappa shape index (κ2) is 5.31. The van der Waals surface area contributed by atoms with Crippen molar-refractivity contribution in [3.63, 3.8) is 0 Å². The Bertz CT molecular complexity index is 391. The number of hydrogen-bond donors (Lipinski definition) is 3. The fraction of sp³-hybridized carbons (Fsp3) is 0.545. The van der Waals surface area contributed by atoms with Gasteiger partial charge in [0.25, 0.3) is 5.91 Å². The van der Waals surface area contributed by atoms with Crippen LogP contribution in [0.3, 0.4) is 0 Å². The lowest BCUT2D eigenvalue weighted by molar-refractivity contribution is 0.0950. The van der Waals surface area contributed by atoms with Crippen molar-refractivity contribution >= 4 is 5.91 Å². The molecule has 1 fully saturated rings. The summed E-state index contributed by atoms with van der Waals surface area (Å²) in [5.41, 5.74) is 8.26. The summed E-state index contributed by atoms with van der Waals surface area (Å²) in [4.78, 5) is 13.7. The molecule has 6 nitrogen and oxygen atoms in total. The number of likely N-dealkylation sites (tertiary alicyclic amines) is 1. The minimum atomic E-state index is -0.316. The van der Waals surface area contributed by atoms with Gasteiger partial charge in [-0.25, -0.2) is 5.84 Å². The highest BCUT2D eigenvalue weighted by Crippen LogP contribution is 2.20. The summed E-state index contributed by atoms with van der Waals surface area (Å²) in [7, 11) is 0. The average Bonchev–Trinajstić information content (AvgIpc) is 2.97. The Morgan fingerprint density at radius 1 is 1.65 bits per heavy atom. The molecule has 0 aliphatic carbocycles. The Kier molecular flexibility index (Phi) is 3.78. The van der Waals surface area contributed by atoms with E-state index in [1.807, 2.05) is 0 Å².